The van der Waals surface area contributed by atoms with Crippen LogP contribution in [0.3, 0.4) is 0 Å². The van der Waals surface area contributed by atoms with E-state index in [1.165, 1.54) is 0 Å². The molecule has 0 unspecified atom stereocenters. The van der Waals surface area contributed by atoms with Gasteiger partial charge in [0.2, 0.25) is 0 Å². The van der Waals surface area contributed by atoms with Crippen LogP contribution in [0.5, 0.6) is 0 Å². The highest BCUT2D eigenvalue weighted by Crippen LogP contribution is 2.14. The molecule has 2 aromatic rings. The van der Waals surface area contributed by atoms with Gasteiger partial charge < -0.3 is 16.4 Å². The van der Waals surface area contributed by atoms with Crippen molar-refractivity contribution in [3.63, 3.8) is 0 Å². The smallest absolute Gasteiger partial charge is 0.125 e. The Bertz CT molecular complexity index is 428. The maximum atomic E-state index is 5.57. The van der Waals surface area contributed by atoms with Crippen molar-refractivity contribution in [2.45, 2.75) is 0 Å². The molecule has 0 spiro atoms. The van der Waals surface area contributed by atoms with Crippen molar-refractivity contribution in [1.82, 2.24) is 4.98 Å². The molecule has 0 aliphatic carbocycles. The molecule has 1 heterocycles. The van der Waals surface area contributed by atoms with Gasteiger partial charge in [0.15, 0.2) is 0 Å². The fourth-order valence-corrected chi connectivity index (χ4v) is 1.24. The van der Waals surface area contributed by atoms with Gasteiger partial charge in [0.1, 0.15) is 5.82 Å². The van der Waals surface area contributed by atoms with Crippen LogP contribution < -0.4 is 16.4 Å². The Morgan fingerprint density at radius 1 is 0.941 bits per heavy atom. The molecule has 0 radical (unpaired) electrons. The summed E-state index contributed by atoms with van der Waals surface area (Å²) in [6, 6.07) is 13.4. The van der Waals surface area contributed by atoms with E-state index in [-0.39, 0.29) is 0 Å². The molecule has 4 N–H and O–H groups in total. The van der Waals surface area contributed by atoms with E-state index in [9.17, 15) is 0 Å². The van der Waals surface area contributed by atoms with Crippen molar-refractivity contribution in [2.24, 2.45) is 0 Å². The Morgan fingerprint density at radius 3 is 2.06 bits per heavy atom. The first-order valence-electron chi connectivity index (χ1n) is 5.39. The van der Waals surface area contributed by atoms with Gasteiger partial charge in [-0.15, -0.1) is 0 Å². The minimum atomic E-state index is 0.792. The zero-order valence-electron chi connectivity index (χ0n) is 10.1. The summed E-state index contributed by atoms with van der Waals surface area (Å²) < 4.78 is 0. The second-order valence-electron chi connectivity index (χ2n) is 3.30. The van der Waals surface area contributed by atoms with Crippen molar-refractivity contribution in [2.75, 3.05) is 30.5 Å². The van der Waals surface area contributed by atoms with E-state index in [2.05, 4.69) is 15.6 Å². The fraction of sp³-hybridized carbons (Fsp3) is 0.154. The van der Waals surface area contributed by atoms with Gasteiger partial charge in [-0.25, -0.2) is 4.98 Å². The molecule has 0 bridgehead atoms. The van der Waals surface area contributed by atoms with Crippen molar-refractivity contribution in [1.29, 1.82) is 0 Å². The molecular weight excluding hydrogens is 212 g/mol. The third-order valence-electron chi connectivity index (χ3n) is 2.15. The Hall–Kier alpha value is -2.23. The minimum Gasteiger partial charge on any atom is -0.397 e. The third-order valence-corrected chi connectivity index (χ3v) is 2.15. The van der Waals surface area contributed by atoms with Gasteiger partial charge in [-0.1, -0.05) is 18.2 Å². The normalized spacial score (nSPS) is 8.82. The minimum absolute atomic E-state index is 0.792. The lowest BCUT2D eigenvalue weighted by molar-refractivity contribution is 1.29. The zero-order chi connectivity index (χ0) is 12.5. The first-order chi connectivity index (χ1) is 8.27. The Morgan fingerprint density at radius 2 is 1.65 bits per heavy atom. The molecule has 90 valence electrons. The second-order valence-corrected chi connectivity index (χ2v) is 3.30. The Kier molecular flexibility index (Phi) is 5.37. The summed E-state index contributed by atoms with van der Waals surface area (Å²) in [5.74, 6) is 0.910. The highest BCUT2D eigenvalue weighted by Gasteiger charge is 1.89. The number of rotatable bonds is 2. The number of hydrogen-bond donors (Lipinski definition) is 3. The average molecular weight is 230 g/mol. The maximum Gasteiger partial charge on any atom is 0.125 e. The number of benzene rings is 1. The first kappa shape index (κ1) is 12.8. The van der Waals surface area contributed by atoms with Crippen LogP contribution in [0.2, 0.25) is 0 Å². The number of hydrogen-bond acceptors (Lipinski definition) is 4. The van der Waals surface area contributed by atoms with Crippen molar-refractivity contribution >= 4 is 17.2 Å². The van der Waals surface area contributed by atoms with Gasteiger partial charge in [-0.2, -0.15) is 0 Å². The number of aromatic nitrogens is 1. The van der Waals surface area contributed by atoms with E-state index < -0.39 is 0 Å². The molecule has 1 aromatic carbocycles. The van der Waals surface area contributed by atoms with Gasteiger partial charge in [-0.3, -0.25) is 0 Å². The molecule has 17 heavy (non-hydrogen) atoms. The van der Waals surface area contributed by atoms with E-state index in [0.717, 1.165) is 17.2 Å². The molecule has 4 heteroatoms. The quantitative estimate of drug-likeness (QED) is 0.693. The summed E-state index contributed by atoms with van der Waals surface area (Å²) in [7, 11) is 3.70. The molecular formula is C13H18N4. The lowest BCUT2D eigenvalue weighted by atomic mass is 10.3. The van der Waals surface area contributed by atoms with E-state index in [1.807, 2.05) is 56.6 Å². The molecule has 0 amide bonds. The number of pyridine rings is 1. The van der Waals surface area contributed by atoms with Crippen LogP contribution >= 0.6 is 0 Å². The van der Waals surface area contributed by atoms with Crippen LogP contribution in [-0.2, 0) is 0 Å². The molecule has 0 aliphatic heterocycles. The lowest BCUT2D eigenvalue weighted by Crippen LogP contribution is -1.93. The molecule has 0 saturated carbocycles. The summed E-state index contributed by atoms with van der Waals surface area (Å²) in [6.45, 7) is 0. The zero-order valence-corrected chi connectivity index (χ0v) is 10.1. The van der Waals surface area contributed by atoms with Crippen LogP contribution in [0.1, 0.15) is 0 Å². The number of nitrogens with zero attached hydrogens (tertiary/aromatic N) is 1. The standard InChI is InChI=1S/C7H10N2.C6H8N2/c1-9-7-5-3-2-4-6(7)8;1-7-6-4-2-3-5-8-6/h2-5,9H,8H2,1H3;2-5H,1H3,(H,7,8). The predicted octanol–water partition coefficient (Wildman–Crippen LogP) is 2.43. The van der Waals surface area contributed by atoms with E-state index in [1.54, 1.807) is 6.20 Å². The molecule has 0 atom stereocenters. The van der Waals surface area contributed by atoms with Crippen LogP contribution in [0, 0.1) is 0 Å². The second kappa shape index (κ2) is 7.11. The van der Waals surface area contributed by atoms with Gasteiger partial charge in [0.05, 0.1) is 11.4 Å². The SMILES string of the molecule is CNc1ccccc1N.CNc1ccccn1. The highest BCUT2D eigenvalue weighted by molar-refractivity contribution is 5.65. The van der Waals surface area contributed by atoms with Crippen molar-refractivity contribution in [3.8, 4) is 0 Å². The molecule has 0 saturated heterocycles. The molecule has 4 nitrogen and oxygen atoms in total. The number of para-hydroxylation sites is 2. The average Bonchev–Trinajstić information content (AvgIpc) is 2.41. The van der Waals surface area contributed by atoms with Crippen LogP contribution in [-0.4, -0.2) is 19.1 Å². The van der Waals surface area contributed by atoms with Crippen LogP contribution in [0.4, 0.5) is 17.2 Å². The van der Waals surface area contributed by atoms with E-state index >= 15 is 0 Å². The Balaban J connectivity index is 0.000000171. The highest BCUT2D eigenvalue weighted by atomic mass is 14.9. The number of nitrogens with one attached hydrogen (secondary N) is 2. The summed E-state index contributed by atoms with van der Waals surface area (Å²) in [5.41, 5.74) is 7.34. The molecule has 0 fully saturated rings. The monoisotopic (exact) mass is 230 g/mol. The lowest BCUT2D eigenvalue weighted by Gasteiger charge is -2.01. The summed E-state index contributed by atoms with van der Waals surface area (Å²) in [6.07, 6.45) is 1.76. The predicted molar refractivity (Wildman–Crippen MR) is 74.2 cm³/mol. The van der Waals surface area contributed by atoms with E-state index in [4.69, 9.17) is 5.73 Å². The first-order valence-corrected chi connectivity index (χ1v) is 5.39. The molecule has 0 aliphatic rings. The molecule has 1 aromatic heterocycles. The maximum absolute atomic E-state index is 5.57. The van der Waals surface area contributed by atoms with Crippen molar-refractivity contribution in [3.05, 3.63) is 48.7 Å². The summed E-state index contributed by atoms with van der Waals surface area (Å²) >= 11 is 0. The summed E-state index contributed by atoms with van der Waals surface area (Å²) in [4.78, 5) is 3.99. The number of nitrogens with two attached hydrogens (primary N) is 1. The van der Waals surface area contributed by atoms with Crippen molar-refractivity contribution < 1.29 is 0 Å². The van der Waals surface area contributed by atoms with Gasteiger partial charge in [0, 0.05) is 20.3 Å². The topological polar surface area (TPSA) is 63.0 Å². The Labute approximate surface area is 102 Å². The number of nitrogen functional groups attached to an aromatic ring is 1. The van der Waals surface area contributed by atoms with Crippen LogP contribution in [0.15, 0.2) is 48.7 Å². The fourth-order valence-electron chi connectivity index (χ4n) is 1.24. The summed E-state index contributed by atoms with van der Waals surface area (Å²) in [5, 5.41) is 5.89. The van der Waals surface area contributed by atoms with Gasteiger partial charge >= 0.3 is 0 Å². The van der Waals surface area contributed by atoms with Gasteiger partial charge in [0.25, 0.3) is 0 Å². The molecule has 2 rings (SSSR count). The van der Waals surface area contributed by atoms with Crippen LogP contribution in [0.25, 0.3) is 0 Å². The van der Waals surface area contributed by atoms with E-state index in [0.29, 0.717) is 0 Å². The largest absolute Gasteiger partial charge is 0.397 e. The number of anilines is 3. The third kappa shape index (κ3) is 4.42. The van der Waals surface area contributed by atoms with Gasteiger partial charge in [-0.05, 0) is 24.3 Å².